The van der Waals surface area contributed by atoms with Crippen LogP contribution in [0, 0.1) is 0 Å². The number of aromatic nitrogens is 4. The Morgan fingerprint density at radius 3 is 2.96 bits per heavy atom. The molecule has 1 saturated heterocycles. The smallest absolute Gasteiger partial charge is 0.291 e. The van der Waals surface area contributed by atoms with Gasteiger partial charge in [0.25, 0.3) is 5.56 Å². The zero-order valence-electron chi connectivity index (χ0n) is 15.1. The number of nitrogens with zero attached hydrogens (tertiary/aromatic N) is 4. The lowest BCUT2D eigenvalue weighted by Gasteiger charge is -2.23. The monoisotopic (exact) mass is 388 g/mol. The Labute approximate surface area is 158 Å². The summed E-state index contributed by atoms with van der Waals surface area (Å²) in [5.74, 6) is 0.431. The topological polar surface area (TPSA) is 110 Å². The van der Waals surface area contributed by atoms with Gasteiger partial charge in [0.2, 0.25) is 11.8 Å². The first kappa shape index (κ1) is 17.7. The zero-order valence-corrected chi connectivity index (χ0v) is 15.9. The summed E-state index contributed by atoms with van der Waals surface area (Å²) in [6.45, 7) is 4.22. The lowest BCUT2D eigenvalue weighted by molar-refractivity contribution is -0.126. The van der Waals surface area contributed by atoms with Crippen molar-refractivity contribution in [3.8, 4) is 0 Å². The van der Waals surface area contributed by atoms with Gasteiger partial charge < -0.3 is 10.6 Å². The van der Waals surface area contributed by atoms with Gasteiger partial charge in [-0.25, -0.2) is 9.67 Å². The number of thiazole rings is 1. The van der Waals surface area contributed by atoms with E-state index < -0.39 is 0 Å². The second kappa shape index (κ2) is 6.76. The summed E-state index contributed by atoms with van der Waals surface area (Å²) in [4.78, 5) is 40.8. The molecule has 1 fully saturated rings. The van der Waals surface area contributed by atoms with Gasteiger partial charge in [0.05, 0.1) is 10.2 Å². The van der Waals surface area contributed by atoms with Crippen LogP contribution < -0.4 is 16.2 Å². The lowest BCUT2D eigenvalue weighted by atomic mass is 10.1. The molecule has 3 aromatic rings. The third-order valence-corrected chi connectivity index (χ3v) is 5.41. The summed E-state index contributed by atoms with van der Waals surface area (Å²) < 4.78 is 3.91. The molecule has 0 unspecified atom stereocenters. The van der Waals surface area contributed by atoms with Crippen molar-refractivity contribution in [2.24, 2.45) is 0 Å². The minimum Gasteiger partial charge on any atom is -0.354 e. The molecule has 3 aromatic heterocycles. The van der Waals surface area contributed by atoms with Gasteiger partial charge in [-0.1, -0.05) is 13.8 Å². The van der Waals surface area contributed by atoms with Crippen LogP contribution in [0.15, 0.2) is 16.4 Å². The summed E-state index contributed by atoms with van der Waals surface area (Å²) in [7, 11) is 0. The van der Waals surface area contributed by atoms with Crippen LogP contribution >= 0.6 is 11.3 Å². The van der Waals surface area contributed by atoms with Crippen LogP contribution in [0.25, 0.3) is 15.9 Å². The molecule has 0 spiro atoms. The van der Waals surface area contributed by atoms with E-state index in [1.54, 1.807) is 16.0 Å². The molecular formula is C17H20N6O3S. The molecule has 0 aromatic carbocycles. The van der Waals surface area contributed by atoms with E-state index in [1.165, 1.54) is 16.0 Å². The van der Waals surface area contributed by atoms with Crippen molar-refractivity contribution in [1.82, 2.24) is 29.8 Å². The van der Waals surface area contributed by atoms with E-state index in [-0.39, 0.29) is 35.9 Å². The first-order valence-electron chi connectivity index (χ1n) is 8.85. The molecule has 10 heteroatoms. The van der Waals surface area contributed by atoms with Gasteiger partial charge in [0.15, 0.2) is 5.65 Å². The second-order valence-corrected chi connectivity index (χ2v) is 7.87. The van der Waals surface area contributed by atoms with Gasteiger partial charge in [-0.05, 0) is 12.5 Å². The zero-order chi connectivity index (χ0) is 19.1. The average Bonchev–Trinajstić information content (AvgIpc) is 3.21. The maximum absolute atomic E-state index is 12.9. The fourth-order valence-electron chi connectivity index (χ4n) is 3.30. The predicted octanol–water partition coefficient (Wildman–Crippen LogP) is 0.624. The molecule has 0 aliphatic carbocycles. The van der Waals surface area contributed by atoms with E-state index in [4.69, 9.17) is 0 Å². The Balaban J connectivity index is 1.65. The number of fused-ring (bicyclic) bond motifs is 3. The average molecular weight is 388 g/mol. The summed E-state index contributed by atoms with van der Waals surface area (Å²) in [6, 6.07) is 1.68. The molecule has 0 radical (unpaired) electrons. The van der Waals surface area contributed by atoms with E-state index in [9.17, 15) is 14.4 Å². The van der Waals surface area contributed by atoms with E-state index in [0.717, 1.165) is 10.3 Å². The molecule has 4 rings (SSSR count). The summed E-state index contributed by atoms with van der Waals surface area (Å²) in [5, 5.41) is 10.0. The minimum atomic E-state index is -0.323. The summed E-state index contributed by atoms with van der Waals surface area (Å²) >= 11 is 1.46. The van der Waals surface area contributed by atoms with Gasteiger partial charge in [0.1, 0.15) is 17.9 Å². The highest BCUT2D eigenvalue weighted by Crippen LogP contribution is 2.24. The van der Waals surface area contributed by atoms with Gasteiger partial charge in [-0.3, -0.25) is 18.8 Å². The Bertz CT molecular complexity index is 1090. The molecule has 142 valence electrons. The van der Waals surface area contributed by atoms with Crippen LogP contribution in [0.3, 0.4) is 0 Å². The van der Waals surface area contributed by atoms with Crippen LogP contribution in [-0.2, 0) is 16.1 Å². The van der Waals surface area contributed by atoms with Crippen molar-refractivity contribution in [2.45, 2.75) is 45.2 Å². The van der Waals surface area contributed by atoms with Gasteiger partial charge in [-0.2, -0.15) is 5.10 Å². The SMILES string of the molecule is CC(C)c1nn(CC(=O)N[C@@H]2CCC(=O)NC2)c(=O)c2cc3scnc3n12. The fourth-order valence-corrected chi connectivity index (χ4v) is 4.00. The molecule has 2 N–H and O–H groups in total. The van der Waals surface area contributed by atoms with Crippen LogP contribution in [0.1, 0.15) is 38.4 Å². The third-order valence-electron chi connectivity index (χ3n) is 4.64. The van der Waals surface area contributed by atoms with Crippen LogP contribution in [0.5, 0.6) is 0 Å². The van der Waals surface area contributed by atoms with Crippen molar-refractivity contribution in [2.75, 3.05) is 6.54 Å². The van der Waals surface area contributed by atoms with E-state index in [2.05, 4.69) is 20.7 Å². The van der Waals surface area contributed by atoms with Crippen LogP contribution in [0.4, 0.5) is 0 Å². The maximum Gasteiger partial charge on any atom is 0.291 e. The molecule has 1 atom stereocenters. The van der Waals surface area contributed by atoms with Crippen molar-refractivity contribution < 1.29 is 9.59 Å². The van der Waals surface area contributed by atoms with Gasteiger partial charge >= 0.3 is 0 Å². The number of hydrogen-bond acceptors (Lipinski definition) is 6. The van der Waals surface area contributed by atoms with Crippen LogP contribution in [0.2, 0.25) is 0 Å². The highest BCUT2D eigenvalue weighted by Gasteiger charge is 2.22. The highest BCUT2D eigenvalue weighted by atomic mass is 32.1. The summed E-state index contributed by atoms with van der Waals surface area (Å²) in [6.07, 6.45) is 0.983. The summed E-state index contributed by atoms with van der Waals surface area (Å²) in [5.41, 5.74) is 2.61. The largest absolute Gasteiger partial charge is 0.354 e. The Kier molecular flexibility index (Phi) is 4.42. The standard InChI is InChI=1S/C17H20N6O3S/c1-9(2)15-21-22(7-14(25)20-10-3-4-13(24)18-6-10)17(26)11-5-12-16(23(11)15)19-8-27-12/h5,8-10H,3-4,6-7H2,1-2H3,(H,18,24)(H,20,25)/t10-/m1/s1. The van der Waals surface area contributed by atoms with E-state index in [0.29, 0.717) is 30.7 Å². The molecule has 27 heavy (non-hydrogen) atoms. The molecular weight excluding hydrogens is 368 g/mol. The molecule has 0 saturated carbocycles. The van der Waals surface area contributed by atoms with Crippen molar-refractivity contribution >= 4 is 39.0 Å². The Morgan fingerprint density at radius 2 is 2.26 bits per heavy atom. The number of carbonyl (C=O) groups is 2. The second-order valence-electron chi connectivity index (χ2n) is 6.99. The van der Waals surface area contributed by atoms with E-state index >= 15 is 0 Å². The number of hydrogen-bond donors (Lipinski definition) is 2. The molecule has 0 bridgehead atoms. The molecule has 1 aliphatic rings. The van der Waals surface area contributed by atoms with Crippen molar-refractivity contribution in [1.29, 1.82) is 0 Å². The number of rotatable bonds is 4. The highest BCUT2D eigenvalue weighted by molar-refractivity contribution is 7.16. The normalized spacial score (nSPS) is 17.6. The maximum atomic E-state index is 12.9. The third kappa shape index (κ3) is 3.20. The number of amides is 2. The number of piperidine rings is 1. The van der Waals surface area contributed by atoms with Gasteiger partial charge in [0, 0.05) is 24.9 Å². The Hall–Kier alpha value is -2.75. The number of carbonyl (C=O) groups excluding carboxylic acids is 2. The van der Waals surface area contributed by atoms with Crippen molar-refractivity contribution in [3.63, 3.8) is 0 Å². The molecule has 1 aliphatic heterocycles. The molecule has 9 nitrogen and oxygen atoms in total. The predicted molar refractivity (Wildman–Crippen MR) is 101 cm³/mol. The van der Waals surface area contributed by atoms with Crippen molar-refractivity contribution in [3.05, 3.63) is 27.8 Å². The first-order valence-corrected chi connectivity index (χ1v) is 9.73. The fraction of sp³-hybridized carbons (Fsp3) is 0.471. The van der Waals surface area contributed by atoms with Gasteiger partial charge in [-0.15, -0.1) is 11.3 Å². The lowest BCUT2D eigenvalue weighted by Crippen LogP contribution is -2.49. The Morgan fingerprint density at radius 1 is 1.44 bits per heavy atom. The first-order chi connectivity index (χ1) is 12.9. The minimum absolute atomic E-state index is 0.00720. The number of nitrogens with one attached hydrogen (secondary N) is 2. The quantitative estimate of drug-likeness (QED) is 0.681. The van der Waals surface area contributed by atoms with E-state index in [1.807, 2.05) is 13.8 Å². The molecule has 2 amide bonds. The molecule has 4 heterocycles. The van der Waals surface area contributed by atoms with Crippen LogP contribution in [-0.4, -0.2) is 43.6 Å².